The van der Waals surface area contributed by atoms with E-state index in [1.54, 1.807) is 0 Å². The molecule has 2 aliphatic carbocycles. The molecule has 36 heavy (non-hydrogen) atoms. The highest BCUT2D eigenvalue weighted by atomic mass is 16.5. The van der Waals surface area contributed by atoms with Gasteiger partial charge in [-0.15, -0.1) is 0 Å². The molecule has 2 heterocycles. The molecule has 5 rings (SSSR count). The van der Waals surface area contributed by atoms with Crippen molar-refractivity contribution in [2.24, 2.45) is 17.8 Å². The number of hydrogen-bond acceptors (Lipinski definition) is 4. The highest BCUT2D eigenvalue weighted by Crippen LogP contribution is 2.37. The van der Waals surface area contributed by atoms with Crippen LogP contribution in [0.25, 0.3) is 0 Å². The first-order chi connectivity index (χ1) is 17.6. The Morgan fingerprint density at radius 2 is 1.58 bits per heavy atom. The summed E-state index contributed by atoms with van der Waals surface area (Å²) in [5.74, 6) is 2.15. The highest BCUT2D eigenvalue weighted by Gasteiger charge is 2.40. The standard InChI is InChI=1S/C30H45N3O3/c1-36-30(35)33(19-23-9-5-6-10-23)27-15-17-31(18-16-27)20-26-21-32(29(34)25-13-7-8-14-25)22-28(26)24-11-3-2-4-12-24/h2-4,11-12,23,25-28H,5-10,13-22H2,1H3/t26-,28+/m0/s1. The Morgan fingerprint density at radius 3 is 2.25 bits per heavy atom. The van der Waals surface area contributed by atoms with Crippen molar-refractivity contribution in [2.75, 3.05) is 46.4 Å². The largest absolute Gasteiger partial charge is 0.453 e. The van der Waals surface area contributed by atoms with Gasteiger partial charge in [0, 0.05) is 57.1 Å². The fourth-order valence-electron chi connectivity index (χ4n) is 7.45. The number of piperidine rings is 1. The molecule has 0 N–H and O–H groups in total. The fourth-order valence-corrected chi connectivity index (χ4v) is 7.45. The van der Waals surface area contributed by atoms with Gasteiger partial charge in [-0.25, -0.2) is 4.79 Å². The zero-order chi connectivity index (χ0) is 24.9. The van der Waals surface area contributed by atoms with Gasteiger partial charge in [0.2, 0.25) is 5.91 Å². The van der Waals surface area contributed by atoms with Gasteiger partial charge in [0.25, 0.3) is 0 Å². The van der Waals surface area contributed by atoms with Crippen LogP contribution in [0, 0.1) is 17.8 Å². The molecule has 6 heteroatoms. The zero-order valence-corrected chi connectivity index (χ0v) is 22.2. The van der Waals surface area contributed by atoms with Crippen LogP contribution >= 0.6 is 0 Å². The van der Waals surface area contributed by atoms with Crippen molar-refractivity contribution in [3.8, 4) is 0 Å². The number of rotatable bonds is 7. The monoisotopic (exact) mass is 495 g/mol. The molecule has 2 atom stereocenters. The molecular weight excluding hydrogens is 450 g/mol. The molecular formula is C30H45N3O3. The summed E-state index contributed by atoms with van der Waals surface area (Å²) in [5.41, 5.74) is 1.37. The lowest BCUT2D eigenvalue weighted by Crippen LogP contribution is -2.49. The van der Waals surface area contributed by atoms with Crippen molar-refractivity contribution >= 4 is 12.0 Å². The van der Waals surface area contributed by atoms with E-state index in [0.717, 1.165) is 65.0 Å². The van der Waals surface area contributed by atoms with E-state index < -0.39 is 0 Å². The SMILES string of the molecule is COC(=O)N(CC1CCCC1)C1CCN(C[C@H]2CN(C(=O)C3CCCC3)C[C@@H]2c2ccccc2)CC1. The highest BCUT2D eigenvalue weighted by molar-refractivity contribution is 5.79. The molecule has 2 saturated carbocycles. The Hall–Kier alpha value is -2.08. The Balaban J connectivity index is 1.20. The summed E-state index contributed by atoms with van der Waals surface area (Å²) in [6, 6.07) is 11.1. The molecule has 0 bridgehead atoms. The molecule has 2 amide bonds. The van der Waals surface area contributed by atoms with Crippen LogP contribution in [0.5, 0.6) is 0 Å². The van der Waals surface area contributed by atoms with E-state index in [-0.39, 0.29) is 18.1 Å². The first-order valence-electron chi connectivity index (χ1n) is 14.5. The predicted octanol–water partition coefficient (Wildman–Crippen LogP) is 5.14. The number of hydrogen-bond donors (Lipinski definition) is 0. The first kappa shape index (κ1) is 25.6. The number of likely N-dealkylation sites (tertiary alicyclic amines) is 2. The van der Waals surface area contributed by atoms with Crippen LogP contribution in [0.15, 0.2) is 30.3 Å². The third kappa shape index (κ3) is 5.90. The van der Waals surface area contributed by atoms with E-state index >= 15 is 0 Å². The second-order valence-corrected chi connectivity index (χ2v) is 11.8. The van der Waals surface area contributed by atoms with E-state index in [2.05, 4.69) is 40.1 Å². The van der Waals surface area contributed by atoms with Gasteiger partial charge in [0.1, 0.15) is 0 Å². The van der Waals surface area contributed by atoms with Crippen LogP contribution in [0.4, 0.5) is 4.79 Å². The number of carbonyl (C=O) groups is 2. The number of methoxy groups -OCH3 is 1. The maximum Gasteiger partial charge on any atom is 0.409 e. The van der Waals surface area contributed by atoms with Gasteiger partial charge in [-0.05, 0) is 55.9 Å². The summed E-state index contributed by atoms with van der Waals surface area (Å²) >= 11 is 0. The average Bonchev–Trinajstić information content (AvgIpc) is 3.70. The van der Waals surface area contributed by atoms with Crippen molar-refractivity contribution in [1.82, 2.24) is 14.7 Å². The van der Waals surface area contributed by atoms with Crippen LogP contribution < -0.4 is 0 Å². The Kier molecular flexibility index (Phi) is 8.51. The summed E-state index contributed by atoms with van der Waals surface area (Å²) in [6.45, 7) is 5.65. The average molecular weight is 496 g/mol. The van der Waals surface area contributed by atoms with Crippen molar-refractivity contribution in [3.63, 3.8) is 0 Å². The molecule has 1 aromatic rings. The van der Waals surface area contributed by atoms with Gasteiger partial charge in [-0.3, -0.25) is 4.79 Å². The summed E-state index contributed by atoms with van der Waals surface area (Å²) < 4.78 is 5.19. The van der Waals surface area contributed by atoms with Crippen LogP contribution in [-0.2, 0) is 9.53 Å². The lowest BCUT2D eigenvalue weighted by atomic mass is 9.88. The van der Waals surface area contributed by atoms with Crippen LogP contribution in [0.2, 0.25) is 0 Å². The lowest BCUT2D eigenvalue weighted by molar-refractivity contribution is -0.134. The van der Waals surface area contributed by atoms with Crippen molar-refractivity contribution in [1.29, 1.82) is 0 Å². The van der Waals surface area contributed by atoms with Crippen molar-refractivity contribution < 1.29 is 14.3 Å². The van der Waals surface area contributed by atoms with E-state index in [1.165, 1.54) is 51.2 Å². The molecule has 198 valence electrons. The van der Waals surface area contributed by atoms with Crippen LogP contribution in [0.3, 0.4) is 0 Å². The van der Waals surface area contributed by atoms with Crippen molar-refractivity contribution in [3.05, 3.63) is 35.9 Å². The molecule has 4 fully saturated rings. The van der Waals surface area contributed by atoms with Gasteiger partial charge in [0.15, 0.2) is 0 Å². The minimum Gasteiger partial charge on any atom is -0.453 e. The maximum absolute atomic E-state index is 13.3. The van der Waals surface area contributed by atoms with E-state index in [1.807, 2.05) is 4.90 Å². The van der Waals surface area contributed by atoms with E-state index in [9.17, 15) is 9.59 Å². The van der Waals surface area contributed by atoms with Gasteiger partial charge >= 0.3 is 6.09 Å². The number of amides is 2. The fraction of sp³-hybridized carbons (Fsp3) is 0.733. The summed E-state index contributed by atoms with van der Waals surface area (Å²) in [5, 5.41) is 0. The van der Waals surface area contributed by atoms with Gasteiger partial charge < -0.3 is 19.4 Å². The third-order valence-corrected chi connectivity index (χ3v) is 9.51. The topological polar surface area (TPSA) is 53.1 Å². The normalized spacial score (nSPS) is 26.5. The quantitative estimate of drug-likeness (QED) is 0.526. The summed E-state index contributed by atoms with van der Waals surface area (Å²) in [4.78, 5) is 32.7. The predicted molar refractivity (Wildman–Crippen MR) is 142 cm³/mol. The molecule has 0 unspecified atom stereocenters. The van der Waals surface area contributed by atoms with Crippen molar-refractivity contribution in [2.45, 2.75) is 76.2 Å². The lowest BCUT2D eigenvalue weighted by Gasteiger charge is -2.40. The van der Waals surface area contributed by atoms with E-state index in [0.29, 0.717) is 23.7 Å². The third-order valence-electron chi connectivity index (χ3n) is 9.51. The van der Waals surface area contributed by atoms with E-state index in [4.69, 9.17) is 4.74 Å². The number of carbonyl (C=O) groups excluding carboxylic acids is 2. The van der Waals surface area contributed by atoms with Gasteiger partial charge in [-0.2, -0.15) is 0 Å². The second kappa shape index (κ2) is 12.0. The summed E-state index contributed by atoms with van der Waals surface area (Å²) in [6.07, 6.45) is 11.5. The molecule has 2 aliphatic heterocycles. The molecule has 0 spiro atoms. The molecule has 1 aromatic carbocycles. The Morgan fingerprint density at radius 1 is 0.917 bits per heavy atom. The molecule has 4 aliphatic rings. The summed E-state index contributed by atoms with van der Waals surface area (Å²) in [7, 11) is 1.52. The Bertz CT molecular complexity index is 857. The Labute approximate surface area is 217 Å². The minimum absolute atomic E-state index is 0.152. The first-order valence-corrected chi connectivity index (χ1v) is 14.5. The van der Waals surface area contributed by atoms with Crippen LogP contribution in [-0.4, -0.2) is 79.1 Å². The molecule has 0 aromatic heterocycles. The minimum atomic E-state index is -0.152. The number of benzene rings is 1. The molecule has 6 nitrogen and oxygen atoms in total. The smallest absolute Gasteiger partial charge is 0.409 e. The second-order valence-electron chi connectivity index (χ2n) is 11.8. The maximum atomic E-state index is 13.3. The number of nitrogens with zero attached hydrogens (tertiary/aromatic N) is 3. The van der Waals surface area contributed by atoms with Gasteiger partial charge in [-0.1, -0.05) is 56.0 Å². The molecule has 2 saturated heterocycles. The van der Waals surface area contributed by atoms with Crippen LogP contribution in [0.1, 0.15) is 75.7 Å². The zero-order valence-electron chi connectivity index (χ0n) is 22.2. The number of ether oxygens (including phenoxy) is 1. The van der Waals surface area contributed by atoms with Gasteiger partial charge in [0.05, 0.1) is 7.11 Å². The molecule has 0 radical (unpaired) electrons.